The molecule has 22 heavy (non-hydrogen) atoms. The maximum atomic E-state index is 11.9. The predicted molar refractivity (Wildman–Crippen MR) is 80.6 cm³/mol. The molecule has 0 saturated carbocycles. The number of nitrogens with one attached hydrogen (secondary N) is 1. The SMILES string of the molecule is COc1ccc(C(O)CNC(=O)Cc2c(C)noc2C)cc1. The molecule has 1 atom stereocenters. The molecule has 0 radical (unpaired) electrons. The molecule has 0 fully saturated rings. The molecule has 0 spiro atoms. The topological polar surface area (TPSA) is 84.6 Å². The zero-order valence-electron chi connectivity index (χ0n) is 12.9. The molecule has 6 heteroatoms. The van der Waals surface area contributed by atoms with E-state index in [-0.39, 0.29) is 18.9 Å². The van der Waals surface area contributed by atoms with Gasteiger partial charge in [-0.1, -0.05) is 17.3 Å². The lowest BCUT2D eigenvalue weighted by molar-refractivity contribution is -0.120. The van der Waals surface area contributed by atoms with E-state index in [1.807, 2.05) is 0 Å². The molecule has 1 unspecified atom stereocenters. The first-order chi connectivity index (χ1) is 10.5. The highest BCUT2D eigenvalue weighted by Gasteiger charge is 2.15. The Morgan fingerprint density at radius 2 is 2.05 bits per heavy atom. The third-order valence-electron chi connectivity index (χ3n) is 3.51. The minimum atomic E-state index is -0.764. The standard InChI is InChI=1S/C16H20N2O4/c1-10-14(11(2)22-18-10)8-16(20)17-9-15(19)12-4-6-13(21-3)7-5-12/h4-7,15,19H,8-9H2,1-3H3,(H,17,20). The zero-order chi connectivity index (χ0) is 16.1. The van der Waals surface area contributed by atoms with Crippen LogP contribution in [0.25, 0.3) is 0 Å². The number of hydrogen-bond acceptors (Lipinski definition) is 5. The molecule has 0 aliphatic carbocycles. The van der Waals surface area contributed by atoms with Gasteiger partial charge in [0.15, 0.2) is 0 Å². The van der Waals surface area contributed by atoms with Crippen molar-refractivity contribution in [1.82, 2.24) is 10.5 Å². The minimum Gasteiger partial charge on any atom is -0.497 e. The number of rotatable bonds is 6. The van der Waals surface area contributed by atoms with E-state index in [4.69, 9.17) is 9.26 Å². The van der Waals surface area contributed by atoms with E-state index < -0.39 is 6.10 Å². The number of carbonyl (C=O) groups excluding carboxylic acids is 1. The number of hydrogen-bond donors (Lipinski definition) is 2. The first-order valence-corrected chi connectivity index (χ1v) is 7.01. The van der Waals surface area contributed by atoms with Gasteiger partial charge in [0.2, 0.25) is 5.91 Å². The summed E-state index contributed by atoms with van der Waals surface area (Å²) in [5, 5.41) is 16.6. The largest absolute Gasteiger partial charge is 0.497 e. The fourth-order valence-electron chi connectivity index (χ4n) is 2.13. The number of aliphatic hydroxyl groups excluding tert-OH is 1. The molecule has 0 aliphatic heterocycles. The van der Waals surface area contributed by atoms with E-state index in [2.05, 4.69) is 10.5 Å². The first-order valence-electron chi connectivity index (χ1n) is 7.01. The van der Waals surface area contributed by atoms with E-state index in [0.717, 1.165) is 16.9 Å². The van der Waals surface area contributed by atoms with Gasteiger partial charge in [0.25, 0.3) is 0 Å². The summed E-state index contributed by atoms with van der Waals surface area (Å²) < 4.78 is 10.1. The summed E-state index contributed by atoms with van der Waals surface area (Å²) in [4.78, 5) is 11.9. The van der Waals surface area contributed by atoms with Crippen LogP contribution in [0, 0.1) is 13.8 Å². The second kappa shape index (κ2) is 7.09. The van der Waals surface area contributed by atoms with Crippen LogP contribution in [0.4, 0.5) is 0 Å². The third-order valence-corrected chi connectivity index (χ3v) is 3.51. The van der Waals surface area contributed by atoms with Crippen molar-refractivity contribution in [2.45, 2.75) is 26.4 Å². The van der Waals surface area contributed by atoms with Crippen molar-refractivity contribution in [3.05, 3.63) is 46.8 Å². The maximum Gasteiger partial charge on any atom is 0.224 e. The monoisotopic (exact) mass is 304 g/mol. The fraction of sp³-hybridized carbons (Fsp3) is 0.375. The molecule has 2 rings (SSSR count). The summed E-state index contributed by atoms with van der Waals surface area (Å²) in [6, 6.07) is 7.07. The molecule has 1 aromatic heterocycles. The molecule has 6 nitrogen and oxygen atoms in total. The number of nitrogens with zero attached hydrogens (tertiary/aromatic N) is 1. The number of benzene rings is 1. The van der Waals surface area contributed by atoms with Gasteiger partial charge < -0.3 is 19.7 Å². The second-order valence-corrected chi connectivity index (χ2v) is 5.07. The van der Waals surface area contributed by atoms with Crippen molar-refractivity contribution in [3.63, 3.8) is 0 Å². The first kappa shape index (κ1) is 16.0. The number of carbonyl (C=O) groups is 1. The van der Waals surface area contributed by atoms with Gasteiger partial charge in [-0.25, -0.2) is 0 Å². The second-order valence-electron chi connectivity index (χ2n) is 5.07. The molecule has 1 aromatic carbocycles. The van der Waals surface area contributed by atoms with Crippen LogP contribution in [0.3, 0.4) is 0 Å². The lowest BCUT2D eigenvalue weighted by Gasteiger charge is -2.12. The average Bonchev–Trinajstić information content (AvgIpc) is 2.84. The van der Waals surface area contributed by atoms with E-state index in [9.17, 15) is 9.90 Å². The number of ether oxygens (including phenoxy) is 1. The van der Waals surface area contributed by atoms with E-state index in [1.165, 1.54) is 0 Å². The van der Waals surface area contributed by atoms with Crippen LogP contribution >= 0.6 is 0 Å². The molecule has 0 bridgehead atoms. The summed E-state index contributed by atoms with van der Waals surface area (Å²) in [6.45, 7) is 3.72. The summed E-state index contributed by atoms with van der Waals surface area (Å²) in [6.07, 6.45) is -0.573. The fourth-order valence-corrected chi connectivity index (χ4v) is 2.13. The molecule has 2 N–H and O–H groups in total. The maximum absolute atomic E-state index is 11.9. The van der Waals surface area contributed by atoms with E-state index in [1.54, 1.807) is 45.2 Å². The van der Waals surface area contributed by atoms with Gasteiger partial charge in [-0.15, -0.1) is 0 Å². The van der Waals surface area contributed by atoms with Crippen LogP contribution in [-0.4, -0.2) is 29.8 Å². The van der Waals surface area contributed by atoms with Gasteiger partial charge in [-0.2, -0.15) is 0 Å². The molecule has 2 aromatic rings. The van der Waals surface area contributed by atoms with Crippen LogP contribution in [0.5, 0.6) is 5.75 Å². The van der Waals surface area contributed by atoms with Crippen molar-refractivity contribution < 1.29 is 19.2 Å². The number of methoxy groups -OCH3 is 1. The summed E-state index contributed by atoms with van der Waals surface area (Å²) in [7, 11) is 1.58. The van der Waals surface area contributed by atoms with Crippen molar-refractivity contribution in [1.29, 1.82) is 0 Å². The molecule has 0 saturated heterocycles. The van der Waals surface area contributed by atoms with Crippen LogP contribution in [0.2, 0.25) is 0 Å². The van der Waals surface area contributed by atoms with Crippen LogP contribution in [0.1, 0.15) is 28.7 Å². The Kier molecular flexibility index (Phi) is 5.16. The van der Waals surface area contributed by atoms with Gasteiger partial charge in [-0.05, 0) is 31.5 Å². The lowest BCUT2D eigenvalue weighted by atomic mass is 10.1. The van der Waals surface area contributed by atoms with Gasteiger partial charge in [-0.3, -0.25) is 4.79 Å². The lowest BCUT2D eigenvalue weighted by Crippen LogP contribution is -2.29. The highest BCUT2D eigenvalue weighted by Crippen LogP contribution is 2.17. The smallest absolute Gasteiger partial charge is 0.224 e. The average molecular weight is 304 g/mol. The quantitative estimate of drug-likeness (QED) is 0.848. The number of aryl methyl sites for hydroxylation is 2. The normalized spacial score (nSPS) is 12.0. The van der Waals surface area contributed by atoms with Crippen molar-refractivity contribution in [2.24, 2.45) is 0 Å². The Labute approximate surface area is 129 Å². The van der Waals surface area contributed by atoms with E-state index >= 15 is 0 Å². The zero-order valence-corrected chi connectivity index (χ0v) is 12.9. The Bertz CT molecular complexity index is 615. The van der Waals surface area contributed by atoms with Crippen molar-refractivity contribution in [3.8, 4) is 5.75 Å². The summed E-state index contributed by atoms with van der Waals surface area (Å²) in [5.74, 6) is 1.18. The molecular weight excluding hydrogens is 284 g/mol. The Morgan fingerprint density at radius 3 is 2.59 bits per heavy atom. The Balaban J connectivity index is 1.87. The van der Waals surface area contributed by atoms with E-state index in [0.29, 0.717) is 11.5 Å². The number of aromatic nitrogens is 1. The van der Waals surface area contributed by atoms with Crippen LogP contribution < -0.4 is 10.1 Å². The molecule has 0 aliphatic rings. The molecule has 1 heterocycles. The minimum absolute atomic E-state index is 0.147. The van der Waals surface area contributed by atoms with Crippen LogP contribution in [-0.2, 0) is 11.2 Å². The van der Waals surface area contributed by atoms with Gasteiger partial charge in [0, 0.05) is 12.1 Å². The van der Waals surface area contributed by atoms with Gasteiger partial charge >= 0.3 is 0 Å². The van der Waals surface area contributed by atoms with Crippen molar-refractivity contribution >= 4 is 5.91 Å². The molecule has 118 valence electrons. The highest BCUT2D eigenvalue weighted by molar-refractivity contribution is 5.79. The number of aliphatic hydroxyl groups is 1. The predicted octanol–water partition coefficient (Wildman–Crippen LogP) is 1.69. The molecule has 1 amide bonds. The highest BCUT2D eigenvalue weighted by atomic mass is 16.5. The summed E-state index contributed by atoms with van der Waals surface area (Å²) in [5.41, 5.74) is 2.22. The summed E-state index contributed by atoms with van der Waals surface area (Å²) >= 11 is 0. The molecular formula is C16H20N2O4. The Hall–Kier alpha value is -2.34. The van der Waals surface area contributed by atoms with Crippen molar-refractivity contribution in [2.75, 3.05) is 13.7 Å². The van der Waals surface area contributed by atoms with Crippen LogP contribution in [0.15, 0.2) is 28.8 Å². The third kappa shape index (κ3) is 3.85. The van der Waals surface area contributed by atoms with Gasteiger partial charge in [0.05, 0.1) is 25.3 Å². The number of amides is 1. The Morgan fingerprint density at radius 1 is 1.36 bits per heavy atom. The van der Waals surface area contributed by atoms with Gasteiger partial charge in [0.1, 0.15) is 11.5 Å².